The first-order valence-corrected chi connectivity index (χ1v) is 9.59. The molecule has 0 bridgehead atoms. The van der Waals surface area contributed by atoms with Crippen LogP contribution in [0.5, 0.6) is 0 Å². The van der Waals surface area contributed by atoms with Crippen molar-refractivity contribution in [1.29, 1.82) is 0 Å². The van der Waals surface area contributed by atoms with Gasteiger partial charge in [-0.3, -0.25) is 0 Å². The van der Waals surface area contributed by atoms with E-state index in [1.807, 2.05) is 44.4 Å². The molecule has 1 aromatic heterocycles. The molecule has 6 nitrogen and oxygen atoms in total. The summed E-state index contributed by atoms with van der Waals surface area (Å²) in [6, 6.07) is 18.0. The van der Waals surface area contributed by atoms with E-state index >= 15 is 0 Å². The Bertz CT molecular complexity index is 855. The predicted molar refractivity (Wildman–Crippen MR) is 118 cm³/mol. The molecule has 3 aromatic rings. The number of benzene rings is 2. The Balaban J connectivity index is 0.000000706. The number of hydrogen-bond acceptors (Lipinski definition) is 6. The van der Waals surface area contributed by atoms with Crippen LogP contribution in [0.1, 0.15) is 12.8 Å². The number of nitrogens with zero attached hydrogens (tertiary/aromatic N) is 3. The molecule has 2 heterocycles. The Morgan fingerprint density at radius 2 is 1.54 bits per heavy atom. The van der Waals surface area contributed by atoms with Crippen molar-refractivity contribution in [2.24, 2.45) is 0 Å². The first kappa shape index (κ1) is 19.6. The lowest BCUT2D eigenvalue weighted by atomic mass is 10.1. The summed E-state index contributed by atoms with van der Waals surface area (Å²) in [6.45, 7) is 2.30. The largest absolute Gasteiger partial charge is 0.399 e. The normalized spacial score (nSPS) is 13.0. The van der Waals surface area contributed by atoms with Gasteiger partial charge >= 0.3 is 0 Å². The van der Waals surface area contributed by atoms with E-state index in [2.05, 4.69) is 49.8 Å². The fraction of sp³-hybridized carbons (Fsp3) is 0.273. The highest BCUT2D eigenvalue weighted by molar-refractivity contribution is 5.64. The molecule has 28 heavy (non-hydrogen) atoms. The lowest BCUT2D eigenvalue weighted by molar-refractivity contribution is 0.949. The Kier molecular flexibility index (Phi) is 6.81. The Labute approximate surface area is 166 Å². The first-order chi connectivity index (χ1) is 13.7. The zero-order chi connectivity index (χ0) is 19.8. The minimum atomic E-state index is 0.586. The molecule has 0 radical (unpaired) electrons. The van der Waals surface area contributed by atoms with E-state index in [4.69, 9.17) is 5.73 Å². The van der Waals surface area contributed by atoms with Crippen molar-refractivity contribution in [3.8, 4) is 11.3 Å². The molecule has 0 amide bonds. The van der Waals surface area contributed by atoms with Crippen LogP contribution in [0.25, 0.3) is 11.3 Å². The minimum absolute atomic E-state index is 0.586. The number of nitrogens with one attached hydrogen (secondary N) is 2. The summed E-state index contributed by atoms with van der Waals surface area (Å²) in [6.07, 6.45) is 4.33. The van der Waals surface area contributed by atoms with Crippen molar-refractivity contribution >= 4 is 23.0 Å². The second kappa shape index (κ2) is 9.71. The van der Waals surface area contributed by atoms with Crippen molar-refractivity contribution in [2.45, 2.75) is 12.8 Å². The molecule has 1 saturated heterocycles. The van der Waals surface area contributed by atoms with Gasteiger partial charge in [-0.05, 0) is 69.4 Å². The SMILES string of the molecule is CNC.Nc1ccc(-c2ccnc(Nc3ccc(N4CCCC4)cc3)n2)cc1. The molecule has 2 aromatic carbocycles. The van der Waals surface area contributed by atoms with E-state index in [1.54, 1.807) is 6.20 Å². The van der Waals surface area contributed by atoms with Crippen molar-refractivity contribution < 1.29 is 0 Å². The first-order valence-electron chi connectivity index (χ1n) is 9.59. The third-order valence-corrected chi connectivity index (χ3v) is 4.46. The topological polar surface area (TPSA) is 79.1 Å². The maximum Gasteiger partial charge on any atom is 0.227 e. The summed E-state index contributed by atoms with van der Waals surface area (Å²) >= 11 is 0. The molecule has 4 N–H and O–H groups in total. The quantitative estimate of drug-likeness (QED) is 0.599. The van der Waals surface area contributed by atoms with E-state index in [1.165, 1.54) is 18.5 Å². The summed E-state index contributed by atoms with van der Waals surface area (Å²) in [5.74, 6) is 0.586. The van der Waals surface area contributed by atoms with E-state index in [0.29, 0.717) is 5.95 Å². The van der Waals surface area contributed by atoms with Gasteiger partial charge in [-0.15, -0.1) is 0 Å². The molecule has 0 aliphatic carbocycles. The predicted octanol–water partition coefficient (Wildman–Crippen LogP) is 3.91. The van der Waals surface area contributed by atoms with Crippen LogP contribution in [0.3, 0.4) is 0 Å². The molecule has 1 aliphatic rings. The van der Waals surface area contributed by atoms with Crippen LogP contribution in [-0.2, 0) is 0 Å². The number of anilines is 4. The Morgan fingerprint density at radius 3 is 2.18 bits per heavy atom. The van der Waals surface area contributed by atoms with Gasteiger partial charge in [0.15, 0.2) is 0 Å². The molecule has 0 spiro atoms. The van der Waals surface area contributed by atoms with Crippen molar-refractivity contribution in [2.75, 3.05) is 43.1 Å². The molecular formula is C22H28N6. The average molecular weight is 377 g/mol. The van der Waals surface area contributed by atoms with Gasteiger partial charge in [-0.2, -0.15) is 0 Å². The number of hydrogen-bond donors (Lipinski definition) is 3. The summed E-state index contributed by atoms with van der Waals surface area (Å²) in [5.41, 5.74) is 10.6. The van der Waals surface area contributed by atoms with Gasteiger partial charge in [0, 0.05) is 41.9 Å². The van der Waals surface area contributed by atoms with Crippen molar-refractivity contribution in [1.82, 2.24) is 15.3 Å². The highest BCUT2D eigenvalue weighted by Crippen LogP contribution is 2.24. The summed E-state index contributed by atoms with van der Waals surface area (Å²) in [4.78, 5) is 11.3. The standard InChI is InChI=1S/C20H21N5.C2H7N/c21-16-5-3-15(4-6-16)19-11-12-22-20(24-19)23-17-7-9-18(10-8-17)25-13-1-2-14-25;1-3-2/h3-12H,1-2,13-14,21H2,(H,22,23,24);3H,1-2H3. The van der Waals surface area contributed by atoms with Crippen molar-refractivity contribution in [3.05, 3.63) is 60.8 Å². The van der Waals surface area contributed by atoms with Crippen LogP contribution in [-0.4, -0.2) is 37.2 Å². The van der Waals surface area contributed by atoms with Crippen LogP contribution in [0.15, 0.2) is 60.8 Å². The van der Waals surface area contributed by atoms with Crippen LogP contribution in [0, 0.1) is 0 Å². The van der Waals surface area contributed by atoms with Gasteiger partial charge in [0.05, 0.1) is 5.69 Å². The second-order valence-electron chi connectivity index (χ2n) is 6.75. The molecule has 0 saturated carbocycles. The Morgan fingerprint density at radius 1 is 0.893 bits per heavy atom. The number of nitrogen functional groups attached to an aromatic ring is 1. The van der Waals surface area contributed by atoms with Gasteiger partial charge in [-0.1, -0.05) is 12.1 Å². The Hall–Kier alpha value is -3.12. The fourth-order valence-electron chi connectivity index (χ4n) is 3.09. The third kappa shape index (κ3) is 5.20. The van der Waals surface area contributed by atoms with Gasteiger partial charge in [-0.25, -0.2) is 9.97 Å². The monoisotopic (exact) mass is 376 g/mol. The summed E-state index contributed by atoms with van der Waals surface area (Å²) in [7, 11) is 3.75. The molecule has 1 fully saturated rings. The van der Waals surface area contributed by atoms with Crippen molar-refractivity contribution in [3.63, 3.8) is 0 Å². The van der Waals surface area contributed by atoms with E-state index < -0.39 is 0 Å². The van der Waals surface area contributed by atoms with Gasteiger partial charge in [0.25, 0.3) is 0 Å². The molecule has 6 heteroatoms. The maximum absolute atomic E-state index is 5.75. The van der Waals surface area contributed by atoms with Crippen LogP contribution in [0.4, 0.5) is 23.0 Å². The summed E-state index contributed by atoms with van der Waals surface area (Å²) < 4.78 is 0. The molecule has 4 rings (SSSR count). The molecule has 0 atom stereocenters. The molecule has 1 aliphatic heterocycles. The van der Waals surface area contributed by atoms with Crippen LogP contribution < -0.4 is 21.3 Å². The lowest BCUT2D eigenvalue weighted by Crippen LogP contribution is -2.17. The zero-order valence-corrected chi connectivity index (χ0v) is 16.5. The lowest BCUT2D eigenvalue weighted by Gasteiger charge is -2.17. The number of rotatable bonds is 4. The van der Waals surface area contributed by atoms with Gasteiger partial charge < -0.3 is 21.3 Å². The smallest absolute Gasteiger partial charge is 0.227 e. The van der Waals surface area contributed by atoms with E-state index in [0.717, 1.165) is 35.7 Å². The van der Waals surface area contributed by atoms with Gasteiger partial charge in [0.1, 0.15) is 0 Å². The van der Waals surface area contributed by atoms with E-state index in [-0.39, 0.29) is 0 Å². The van der Waals surface area contributed by atoms with E-state index in [9.17, 15) is 0 Å². The number of nitrogens with two attached hydrogens (primary N) is 1. The minimum Gasteiger partial charge on any atom is -0.399 e. The highest BCUT2D eigenvalue weighted by Gasteiger charge is 2.12. The van der Waals surface area contributed by atoms with Crippen LogP contribution >= 0.6 is 0 Å². The van der Waals surface area contributed by atoms with Gasteiger partial charge in [0.2, 0.25) is 5.95 Å². The molecular weight excluding hydrogens is 348 g/mol. The maximum atomic E-state index is 5.75. The molecule has 0 unspecified atom stereocenters. The second-order valence-corrected chi connectivity index (χ2v) is 6.75. The number of aromatic nitrogens is 2. The third-order valence-electron chi connectivity index (χ3n) is 4.46. The van der Waals surface area contributed by atoms with Crippen LogP contribution in [0.2, 0.25) is 0 Å². The fourth-order valence-corrected chi connectivity index (χ4v) is 3.09. The zero-order valence-electron chi connectivity index (χ0n) is 16.5. The average Bonchev–Trinajstić information content (AvgIpc) is 3.25. The molecule has 146 valence electrons. The highest BCUT2D eigenvalue weighted by atomic mass is 15.1. The summed E-state index contributed by atoms with van der Waals surface area (Å²) in [5, 5.41) is 6.03.